The summed E-state index contributed by atoms with van der Waals surface area (Å²) in [5.41, 5.74) is 3.23. The van der Waals surface area contributed by atoms with Gasteiger partial charge in [0.15, 0.2) is 0 Å². The van der Waals surface area contributed by atoms with Crippen LogP contribution < -0.4 is 5.48 Å². The second-order valence-electron chi connectivity index (χ2n) is 2.48. The van der Waals surface area contributed by atoms with Crippen LogP contribution in [-0.2, 0) is 11.4 Å². The van der Waals surface area contributed by atoms with E-state index in [9.17, 15) is 4.39 Å². The van der Waals surface area contributed by atoms with Crippen LogP contribution in [0.2, 0.25) is 0 Å². The standard InChI is InChI=1S/C9H12FNOS/c1-12-11-6-7-5-8(13-2)3-4-9(7)10/h3-5,11H,6H2,1-2H3. The summed E-state index contributed by atoms with van der Waals surface area (Å²) < 4.78 is 13.1. The molecule has 0 aromatic heterocycles. The topological polar surface area (TPSA) is 21.3 Å². The average Bonchev–Trinajstić information content (AvgIpc) is 2.17. The average molecular weight is 201 g/mol. The Morgan fingerprint density at radius 2 is 2.31 bits per heavy atom. The number of rotatable bonds is 4. The van der Waals surface area contributed by atoms with E-state index in [2.05, 4.69) is 10.3 Å². The Labute approximate surface area is 81.4 Å². The fourth-order valence-electron chi connectivity index (χ4n) is 0.963. The summed E-state index contributed by atoms with van der Waals surface area (Å²) in [5.74, 6) is -0.206. The molecule has 0 spiro atoms. The highest BCUT2D eigenvalue weighted by Crippen LogP contribution is 2.18. The second-order valence-corrected chi connectivity index (χ2v) is 3.36. The molecule has 1 rings (SSSR count). The van der Waals surface area contributed by atoms with Crippen molar-refractivity contribution in [3.8, 4) is 0 Å². The van der Waals surface area contributed by atoms with E-state index in [1.807, 2.05) is 12.3 Å². The summed E-state index contributed by atoms with van der Waals surface area (Å²) in [7, 11) is 1.51. The Balaban J connectivity index is 2.78. The van der Waals surface area contributed by atoms with E-state index >= 15 is 0 Å². The van der Waals surface area contributed by atoms with Crippen LogP contribution in [0, 0.1) is 5.82 Å². The van der Waals surface area contributed by atoms with Crippen LogP contribution in [0.1, 0.15) is 5.56 Å². The normalized spacial score (nSPS) is 10.4. The number of benzene rings is 1. The number of nitrogens with one attached hydrogen (secondary N) is 1. The fourth-order valence-corrected chi connectivity index (χ4v) is 1.43. The lowest BCUT2D eigenvalue weighted by molar-refractivity contribution is 0.0859. The van der Waals surface area contributed by atoms with Gasteiger partial charge in [0.25, 0.3) is 0 Å². The lowest BCUT2D eigenvalue weighted by Crippen LogP contribution is -2.11. The van der Waals surface area contributed by atoms with Crippen LogP contribution in [0.3, 0.4) is 0 Å². The van der Waals surface area contributed by atoms with Crippen molar-refractivity contribution in [2.75, 3.05) is 13.4 Å². The minimum Gasteiger partial charge on any atom is -0.305 e. The van der Waals surface area contributed by atoms with Gasteiger partial charge >= 0.3 is 0 Å². The van der Waals surface area contributed by atoms with Gasteiger partial charge in [-0.25, -0.2) is 4.39 Å². The first-order valence-electron chi connectivity index (χ1n) is 3.86. The first-order chi connectivity index (χ1) is 6.27. The molecule has 0 saturated carbocycles. The van der Waals surface area contributed by atoms with Gasteiger partial charge in [0.05, 0.1) is 7.11 Å². The van der Waals surface area contributed by atoms with Crippen LogP contribution in [0.15, 0.2) is 23.1 Å². The van der Waals surface area contributed by atoms with E-state index in [0.29, 0.717) is 12.1 Å². The van der Waals surface area contributed by atoms with Gasteiger partial charge in [-0.3, -0.25) is 0 Å². The molecule has 0 fully saturated rings. The Bertz CT molecular complexity index is 280. The minimum absolute atomic E-state index is 0.206. The molecular formula is C9H12FNOS. The largest absolute Gasteiger partial charge is 0.305 e. The van der Waals surface area contributed by atoms with Crippen LogP contribution in [0.4, 0.5) is 4.39 Å². The Kier molecular flexibility index (Phi) is 4.21. The van der Waals surface area contributed by atoms with Gasteiger partial charge in [-0.2, -0.15) is 5.48 Å². The highest BCUT2D eigenvalue weighted by molar-refractivity contribution is 7.98. The van der Waals surface area contributed by atoms with E-state index in [-0.39, 0.29) is 5.82 Å². The second kappa shape index (κ2) is 5.21. The molecule has 0 aliphatic carbocycles. The molecule has 0 heterocycles. The van der Waals surface area contributed by atoms with Gasteiger partial charge in [-0.15, -0.1) is 11.8 Å². The van der Waals surface area contributed by atoms with Crippen molar-refractivity contribution in [3.05, 3.63) is 29.6 Å². The van der Waals surface area contributed by atoms with Gasteiger partial charge in [-0.1, -0.05) is 0 Å². The van der Waals surface area contributed by atoms with Crippen molar-refractivity contribution in [2.45, 2.75) is 11.4 Å². The number of hydrogen-bond donors (Lipinski definition) is 1. The highest BCUT2D eigenvalue weighted by Gasteiger charge is 2.02. The van der Waals surface area contributed by atoms with E-state index in [0.717, 1.165) is 4.90 Å². The lowest BCUT2D eigenvalue weighted by atomic mass is 10.2. The summed E-state index contributed by atoms with van der Waals surface area (Å²) >= 11 is 1.59. The van der Waals surface area contributed by atoms with Gasteiger partial charge < -0.3 is 4.84 Å². The molecule has 0 radical (unpaired) electrons. The van der Waals surface area contributed by atoms with Crippen molar-refractivity contribution in [1.82, 2.24) is 5.48 Å². The molecule has 72 valence electrons. The zero-order valence-corrected chi connectivity index (χ0v) is 8.45. The van der Waals surface area contributed by atoms with E-state index in [1.54, 1.807) is 17.8 Å². The van der Waals surface area contributed by atoms with Crippen molar-refractivity contribution >= 4 is 11.8 Å². The number of hydrogen-bond acceptors (Lipinski definition) is 3. The summed E-state index contributed by atoms with van der Waals surface area (Å²) in [6, 6.07) is 5.04. The first-order valence-corrected chi connectivity index (χ1v) is 5.08. The molecule has 2 nitrogen and oxygen atoms in total. The molecule has 0 aliphatic heterocycles. The predicted octanol–water partition coefficient (Wildman–Crippen LogP) is 2.20. The van der Waals surface area contributed by atoms with Crippen LogP contribution in [-0.4, -0.2) is 13.4 Å². The van der Waals surface area contributed by atoms with Crippen molar-refractivity contribution < 1.29 is 9.23 Å². The minimum atomic E-state index is -0.206. The summed E-state index contributed by atoms with van der Waals surface area (Å²) in [4.78, 5) is 5.70. The summed E-state index contributed by atoms with van der Waals surface area (Å²) in [6.07, 6.45) is 1.96. The van der Waals surface area contributed by atoms with Crippen molar-refractivity contribution in [3.63, 3.8) is 0 Å². The Morgan fingerprint density at radius 1 is 1.54 bits per heavy atom. The van der Waals surface area contributed by atoms with Crippen LogP contribution in [0.5, 0.6) is 0 Å². The molecule has 13 heavy (non-hydrogen) atoms. The van der Waals surface area contributed by atoms with Crippen LogP contribution in [0.25, 0.3) is 0 Å². The maximum Gasteiger partial charge on any atom is 0.127 e. The quantitative estimate of drug-likeness (QED) is 0.596. The van der Waals surface area contributed by atoms with E-state index in [1.165, 1.54) is 13.2 Å². The van der Waals surface area contributed by atoms with Gasteiger partial charge in [-0.05, 0) is 24.5 Å². The molecule has 0 atom stereocenters. The number of hydroxylamine groups is 1. The van der Waals surface area contributed by atoms with Crippen LogP contribution >= 0.6 is 11.8 Å². The molecule has 4 heteroatoms. The van der Waals surface area contributed by atoms with Gasteiger partial charge in [0, 0.05) is 17.0 Å². The first kappa shape index (κ1) is 10.5. The van der Waals surface area contributed by atoms with E-state index in [4.69, 9.17) is 0 Å². The molecule has 0 aliphatic rings. The Morgan fingerprint density at radius 3 is 2.92 bits per heavy atom. The molecule has 0 saturated heterocycles. The maximum atomic E-state index is 13.1. The number of thioether (sulfide) groups is 1. The van der Waals surface area contributed by atoms with Gasteiger partial charge in [0.2, 0.25) is 0 Å². The molecule has 0 bridgehead atoms. The molecule has 0 amide bonds. The highest BCUT2D eigenvalue weighted by atomic mass is 32.2. The zero-order chi connectivity index (χ0) is 9.68. The fraction of sp³-hybridized carbons (Fsp3) is 0.333. The monoisotopic (exact) mass is 201 g/mol. The van der Waals surface area contributed by atoms with Crippen molar-refractivity contribution in [2.24, 2.45) is 0 Å². The predicted molar refractivity (Wildman–Crippen MR) is 52.0 cm³/mol. The van der Waals surface area contributed by atoms with Gasteiger partial charge in [0.1, 0.15) is 5.82 Å². The molecule has 0 unspecified atom stereocenters. The molecule has 1 aromatic carbocycles. The number of halogens is 1. The third-order valence-corrected chi connectivity index (χ3v) is 2.39. The van der Waals surface area contributed by atoms with E-state index < -0.39 is 0 Å². The summed E-state index contributed by atoms with van der Waals surface area (Å²) in [6.45, 7) is 0.386. The third-order valence-electron chi connectivity index (χ3n) is 1.66. The third kappa shape index (κ3) is 2.99. The SMILES string of the molecule is CONCc1cc(SC)ccc1F. The zero-order valence-electron chi connectivity index (χ0n) is 7.63. The Hall–Kier alpha value is -0.580. The smallest absolute Gasteiger partial charge is 0.127 e. The molecule has 1 N–H and O–H groups in total. The van der Waals surface area contributed by atoms with Crippen molar-refractivity contribution in [1.29, 1.82) is 0 Å². The molecular weight excluding hydrogens is 189 g/mol. The molecule has 1 aromatic rings. The lowest BCUT2D eigenvalue weighted by Gasteiger charge is -2.05. The maximum absolute atomic E-state index is 13.1. The summed E-state index contributed by atoms with van der Waals surface area (Å²) in [5, 5.41) is 0.